The Hall–Kier alpha value is -5.72. The summed E-state index contributed by atoms with van der Waals surface area (Å²) in [6.07, 6.45) is 10.5. The first kappa shape index (κ1) is 41.9. The van der Waals surface area contributed by atoms with Crippen molar-refractivity contribution in [1.82, 2.24) is 15.1 Å². The molecule has 1 saturated heterocycles. The van der Waals surface area contributed by atoms with Gasteiger partial charge in [0.1, 0.15) is 42.1 Å². The van der Waals surface area contributed by atoms with Gasteiger partial charge in [-0.05, 0) is 97.3 Å². The second kappa shape index (κ2) is 19.6. The van der Waals surface area contributed by atoms with Crippen LogP contribution in [-0.2, 0) is 44.0 Å². The molecule has 1 aromatic heterocycles. The van der Waals surface area contributed by atoms with Gasteiger partial charge in [-0.2, -0.15) is 5.10 Å². The molecule has 306 valence electrons. The van der Waals surface area contributed by atoms with Crippen LogP contribution < -0.4 is 20.1 Å². The molecule has 1 aliphatic carbocycles. The molecule has 0 bridgehead atoms. The van der Waals surface area contributed by atoms with E-state index < -0.39 is 17.8 Å². The highest BCUT2D eigenvalue weighted by atomic mass is 19.1. The molecule has 2 unspecified atom stereocenters. The van der Waals surface area contributed by atoms with Crippen LogP contribution in [0, 0.1) is 11.7 Å². The fourth-order valence-electron chi connectivity index (χ4n) is 6.55. The molecular formula is C46H53FN4O7. The summed E-state index contributed by atoms with van der Waals surface area (Å²) in [5.74, 6) is 1.26. The first-order chi connectivity index (χ1) is 27.9. The molecule has 2 amide bonds. The molecule has 4 aromatic rings. The van der Waals surface area contributed by atoms with Gasteiger partial charge in [-0.1, -0.05) is 57.2 Å². The van der Waals surface area contributed by atoms with Gasteiger partial charge in [0.2, 0.25) is 0 Å². The van der Waals surface area contributed by atoms with Crippen LogP contribution in [-0.4, -0.2) is 54.8 Å². The Morgan fingerprint density at radius 3 is 2.59 bits per heavy atom. The lowest BCUT2D eigenvalue weighted by atomic mass is 9.92. The van der Waals surface area contributed by atoms with E-state index in [0.717, 1.165) is 48.4 Å². The number of hydrogen-bond donors (Lipinski definition) is 2. The number of nitrogens with zero attached hydrogens (tertiary/aromatic N) is 2. The number of aromatic nitrogens is 2. The van der Waals surface area contributed by atoms with Crippen molar-refractivity contribution in [3.63, 3.8) is 0 Å². The molecule has 2 heterocycles. The number of ketones is 1. The Balaban J connectivity index is 1.10. The van der Waals surface area contributed by atoms with Crippen LogP contribution in [0.2, 0.25) is 0 Å². The third kappa shape index (κ3) is 11.9. The van der Waals surface area contributed by atoms with Crippen molar-refractivity contribution in [2.24, 2.45) is 5.92 Å². The van der Waals surface area contributed by atoms with Crippen LogP contribution in [0.4, 0.5) is 15.0 Å². The maximum Gasteiger partial charge on any atom is 0.320 e. The van der Waals surface area contributed by atoms with Crippen LogP contribution in [0.1, 0.15) is 69.3 Å². The number of carbonyl (C=O) groups is 2. The number of hydrogen-bond acceptors (Lipinski definition) is 8. The van der Waals surface area contributed by atoms with Crippen LogP contribution in [0.15, 0.2) is 108 Å². The Morgan fingerprint density at radius 1 is 0.966 bits per heavy atom. The van der Waals surface area contributed by atoms with Gasteiger partial charge in [-0.15, -0.1) is 0 Å². The smallest absolute Gasteiger partial charge is 0.320 e. The molecule has 2 aliphatic rings. The van der Waals surface area contributed by atoms with E-state index in [1.54, 1.807) is 23.9 Å². The molecule has 2 N–H and O–H groups in total. The van der Waals surface area contributed by atoms with E-state index in [9.17, 15) is 14.0 Å². The first-order valence-electron chi connectivity index (χ1n) is 19.7. The SMILES string of the molecule is COc1cccc(CC2/C=C/C(C)=C\C(OCc3ccc(F)cc3CNC(=O)Nc3cc(C(C)(C)C)nn3-c3cccc(OCCOC4CCCCO4)c3)=C/C2=O)c1. The molecule has 6 rings (SSSR count). The number of halogens is 1. The number of urea groups is 1. The molecule has 1 fully saturated rings. The normalized spacial score (nSPS) is 19.4. The average molecular weight is 793 g/mol. The van der Waals surface area contributed by atoms with Gasteiger partial charge in [0.15, 0.2) is 12.1 Å². The number of rotatable bonds is 15. The van der Waals surface area contributed by atoms with Gasteiger partial charge in [0.05, 0.1) is 25.1 Å². The van der Waals surface area contributed by atoms with Crippen LogP contribution in [0.5, 0.6) is 11.5 Å². The molecule has 3 aromatic carbocycles. The van der Waals surface area contributed by atoms with Crippen molar-refractivity contribution in [3.05, 3.63) is 137 Å². The second-order valence-electron chi connectivity index (χ2n) is 15.5. The highest BCUT2D eigenvalue weighted by molar-refractivity contribution is 5.94. The van der Waals surface area contributed by atoms with E-state index in [-0.39, 0.29) is 30.6 Å². The lowest BCUT2D eigenvalue weighted by molar-refractivity contribution is -0.165. The van der Waals surface area contributed by atoms with E-state index in [1.165, 1.54) is 18.2 Å². The molecule has 12 heteroatoms. The van der Waals surface area contributed by atoms with E-state index >= 15 is 0 Å². The highest BCUT2D eigenvalue weighted by Crippen LogP contribution is 2.28. The Bertz CT molecular complexity index is 2150. The van der Waals surface area contributed by atoms with Crippen molar-refractivity contribution in [3.8, 4) is 17.2 Å². The van der Waals surface area contributed by atoms with Crippen LogP contribution in [0.3, 0.4) is 0 Å². The topological polar surface area (TPSA) is 122 Å². The minimum absolute atomic E-state index is 0.0119. The third-order valence-corrected chi connectivity index (χ3v) is 9.78. The lowest BCUT2D eigenvalue weighted by Crippen LogP contribution is -2.29. The summed E-state index contributed by atoms with van der Waals surface area (Å²) in [6, 6.07) is 20.8. The zero-order valence-electron chi connectivity index (χ0n) is 33.9. The van der Waals surface area contributed by atoms with Crippen LogP contribution in [0.25, 0.3) is 5.69 Å². The summed E-state index contributed by atoms with van der Waals surface area (Å²) >= 11 is 0. The maximum atomic E-state index is 14.6. The zero-order valence-corrected chi connectivity index (χ0v) is 33.9. The maximum absolute atomic E-state index is 14.6. The number of anilines is 1. The van der Waals surface area contributed by atoms with Gasteiger partial charge in [-0.25, -0.2) is 13.9 Å². The summed E-state index contributed by atoms with van der Waals surface area (Å²) in [7, 11) is 1.61. The zero-order chi connectivity index (χ0) is 41.1. The third-order valence-electron chi connectivity index (χ3n) is 9.78. The van der Waals surface area contributed by atoms with E-state index in [4.69, 9.17) is 28.8 Å². The Kier molecular flexibility index (Phi) is 14.2. The molecule has 0 saturated carbocycles. The lowest BCUT2D eigenvalue weighted by Gasteiger charge is -2.22. The van der Waals surface area contributed by atoms with Crippen molar-refractivity contribution in [1.29, 1.82) is 0 Å². The van der Waals surface area contributed by atoms with Gasteiger partial charge in [0, 0.05) is 42.7 Å². The van der Waals surface area contributed by atoms with Gasteiger partial charge >= 0.3 is 6.03 Å². The summed E-state index contributed by atoms with van der Waals surface area (Å²) in [4.78, 5) is 26.8. The van der Waals surface area contributed by atoms with Crippen molar-refractivity contribution in [2.45, 2.75) is 78.2 Å². The number of carbonyl (C=O) groups excluding carboxylic acids is 2. The van der Waals surface area contributed by atoms with Gasteiger partial charge in [-0.3, -0.25) is 10.1 Å². The summed E-state index contributed by atoms with van der Waals surface area (Å²) in [5.41, 5.74) is 4.23. The quantitative estimate of drug-likeness (QED) is 0.115. The van der Waals surface area contributed by atoms with E-state index in [0.29, 0.717) is 53.8 Å². The molecule has 0 radical (unpaired) electrons. The predicted octanol–water partition coefficient (Wildman–Crippen LogP) is 8.91. The minimum atomic E-state index is -0.507. The van der Waals surface area contributed by atoms with Crippen molar-refractivity contribution < 1.29 is 37.7 Å². The Labute approximate surface area is 339 Å². The van der Waals surface area contributed by atoms with E-state index in [1.807, 2.05) is 94.4 Å². The Morgan fingerprint density at radius 2 is 1.79 bits per heavy atom. The summed E-state index contributed by atoms with van der Waals surface area (Å²) in [5, 5.41) is 10.6. The van der Waals surface area contributed by atoms with Crippen molar-refractivity contribution in [2.75, 3.05) is 32.2 Å². The molecule has 11 nitrogen and oxygen atoms in total. The first-order valence-corrected chi connectivity index (χ1v) is 19.7. The molecular weight excluding hydrogens is 740 g/mol. The molecule has 58 heavy (non-hydrogen) atoms. The van der Waals surface area contributed by atoms with Gasteiger partial charge in [0.25, 0.3) is 0 Å². The largest absolute Gasteiger partial charge is 0.497 e. The number of allylic oxidation sites excluding steroid dienone is 5. The van der Waals surface area contributed by atoms with Crippen molar-refractivity contribution >= 4 is 17.6 Å². The standard InChI is InChI=1S/C46H53FN4O7/c1-31-15-16-33(23-32-10-8-12-38(24-32)54-5)41(52)27-40(22-31)58-30-34-17-18-36(47)25-35(34)29-48-45(53)49-43-28-42(46(2,3)4)50-51(43)37-11-9-13-39(26-37)55-20-21-57-44-14-6-7-19-56-44/h8-13,15-18,22,24-28,33,44H,6-7,14,19-21,23,29-30H2,1-5H3,(H2,48,49,53)/b16-15+,31-22-,40-27+. The van der Waals surface area contributed by atoms with Crippen LogP contribution >= 0.6 is 0 Å². The number of amides is 2. The molecule has 0 spiro atoms. The number of methoxy groups -OCH3 is 1. The fraction of sp³-hybridized carbons (Fsp3) is 0.370. The number of benzene rings is 3. The van der Waals surface area contributed by atoms with Gasteiger partial charge < -0.3 is 29.0 Å². The number of nitrogens with one attached hydrogen (secondary N) is 2. The molecule has 2 atom stereocenters. The highest BCUT2D eigenvalue weighted by Gasteiger charge is 2.23. The predicted molar refractivity (Wildman–Crippen MR) is 221 cm³/mol. The average Bonchev–Trinajstić information content (AvgIpc) is 3.64. The number of ether oxygens (including phenoxy) is 5. The fourth-order valence-corrected chi connectivity index (χ4v) is 6.55. The summed E-state index contributed by atoms with van der Waals surface area (Å²) in [6.45, 7) is 9.60. The monoisotopic (exact) mass is 792 g/mol. The molecule has 1 aliphatic heterocycles. The summed E-state index contributed by atoms with van der Waals surface area (Å²) < 4.78 is 45.2. The second-order valence-corrected chi connectivity index (χ2v) is 15.5. The van der Waals surface area contributed by atoms with E-state index in [2.05, 4.69) is 10.6 Å². The minimum Gasteiger partial charge on any atom is -0.497 e.